The molecule has 0 saturated heterocycles. The number of nitro groups is 1. The number of carbonyl (C=O) groups is 1. The van der Waals surface area contributed by atoms with Crippen LogP contribution >= 0.6 is 11.6 Å². The number of rotatable bonds is 5. The highest BCUT2D eigenvalue weighted by molar-refractivity contribution is 6.31. The van der Waals surface area contributed by atoms with Crippen LogP contribution in [0.5, 0.6) is 5.75 Å². The minimum atomic E-state index is -1.07. The molecule has 0 fully saturated rings. The van der Waals surface area contributed by atoms with E-state index in [1.54, 1.807) is 12.1 Å². The topological polar surface area (TPSA) is 89.7 Å². The molecule has 2 aromatic rings. The van der Waals surface area contributed by atoms with Gasteiger partial charge < -0.3 is 9.84 Å². The third kappa shape index (κ3) is 3.70. The minimum absolute atomic E-state index is 0.0696. The Hall–Kier alpha value is -2.60. The van der Waals surface area contributed by atoms with Crippen LogP contribution in [0.15, 0.2) is 42.5 Å². The number of hydrogen-bond donors (Lipinski definition) is 1. The highest BCUT2D eigenvalue weighted by Gasteiger charge is 2.09. The van der Waals surface area contributed by atoms with Gasteiger partial charge in [0.05, 0.1) is 16.6 Å². The van der Waals surface area contributed by atoms with Gasteiger partial charge >= 0.3 is 5.97 Å². The number of halogens is 1. The van der Waals surface area contributed by atoms with Crippen LogP contribution in [-0.2, 0) is 6.61 Å². The summed E-state index contributed by atoms with van der Waals surface area (Å²) < 4.78 is 5.43. The Morgan fingerprint density at radius 3 is 2.67 bits per heavy atom. The molecule has 0 unspecified atom stereocenters. The summed E-state index contributed by atoms with van der Waals surface area (Å²) in [6.07, 6.45) is 0. The Balaban J connectivity index is 2.11. The van der Waals surface area contributed by atoms with Crippen molar-refractivity contribution in [1.29, 1.82) is 0 Å². The summed E-state index contributed by atoms with van der Waals surface area (Å²) >= 11 is 5.97. The zero-order valence-corrected chi connectivity index (χ0v) is 11.4. The van der Waals surface area contributed by atoms with Crippen molar-refractivity contribution in [2.75, 3.05) is 0 Å². The van der Waals surface area contributed by atoms with E-state index >= 15 is 0 Å². The lowest BCUT2D eigenvalue weighted by molar-refractivity contribution is -0.384. The molecule has 108 valence electrons. The molecule has 0 aliphatic carbocycles. The van der Waals surface area contributed by atoms with E-state index in [0.29, 0.717) is 11.3 Å². The number of benzene rings is 2. The Morgan fingerprint density at radius 2 is 2.05 bits per heavy atom. The molecule has 0 amide bonds. The summed E-state index contributed by atoms with van der Waals surface area (Å²) in [7, 11) is 0. The zero-order chi connectivity index (χ0) is 15.4. The first kappa shape index (κ1) is 14.8. The zero-order valence-electron chi connectivity index (χ0n) is 10.7. The second-order valence-electron chi connectivity index (χ2n) is 4.15. The minimum Gasteiger partial charge on any atom is -0.489 e. The first-order chi connectivity index (χ1) is 9.97. The van der Waals surface area contributed by atoms with Crippen LogP contribution in [0.3, 0.4) is 0 Å². The van der Waals surface area contributed by atoms with Crippen molar-refractivity contribution >= 4 is 23.3 Å². The van der Waals surface area contributed by atoms with Crippen LogP contribution in [0, 0.1) is 10.1 Å². The fraction of sp³-hybridized carbons (Fsp3) is 0.0714. The maximum absolute atomic E-state index is 10.8. The van der Waals surface area contributed by atoms with E-state index in [9.17, 15) is 14.9 Å². The van der Waals surface area contributed by atoms with Gasteiger partial charge in [-0.15, -0.1) is 0 Å². The number of hydrogen-bond acceptors (Lipinski definition) is 4. The van der Waals surface area contributed by atoms with Crippen molar-refractivity contribution in [3.05, 3.63) is 68.7 Å². The van der Waals surface area contributed by atoms with Crippen LogP contribution in [0.2, 0.25) is 5.02 Å². The lowest BCUT2D eigenvalue weighted by Gasteiger charge is -2.08. The van der Waals surface area contributed by atoms with Gasteiger partial charge in [0.15, 0.2) is 0 Å². The smallest absolute Gasteiger partial charge is 0.335 e. The van der Waals surface area contributed by atoms with Crippen molar-refractivity contribution in [2.24, 2.45) is 0 Å². The number of ether oxygens (including phenoxy) is 1. The molecule has 0 aliphatic heterocycles. The molecule has 2 rings (SSSR count). The van der Waals surface area contributed by atoms with Crippen molar-refractivity contribution in [1.82, 2.24) is 0 Å². The predicted octanol–water partition coefficient (Wildman–Crippen LogP) is 3.53. The van der Waals surface area contributed by atoms with E-state index in [1.807, 2.05) is 0 Å². The number of carboxylic acids is 1. The molecular formula is C14H10ClNO5. The molecule has 21 heavy (non-hydrogen) atoms. The van der Waals surface area contributed by atoms with Crippen LogP contribution in [-0.4, -0.2) is 16.0 Å². The van der Waals surface area contributed by atoms with Gasteiger partial charge in [0, 0.05) is 16.7 Å². The molecule has 6 nitrogen and oxygen atoms in total. The average molecular weight is 308 g/mol. The molecule has 2 aromatic carbocycles. The Kier molecular flexibility index (Phi) is 4.39. The fourth-order valence-electron chi connectivity index (χ4n) is 1.65. The van der Waals surface area contributed by atoms with Gasteiger partial charge in [0.25, 0.3) is 5.69 Å². The van der Waals surface area contributed by atoms with E-state index in [-0.39, 0.29) is 22.9 Å². The van der Waals surface area contributed by atoms with Gasteiger partial charge in [-0.05, 0) is 18.2 Å². The van der Waals surface area contributed by atoms with Crippen molar-refractivity contribution < 1.29 is 19.6 Å². The summed E-state index contributed by atoms with van der Waals surface area (Å²) in [5.74, 6) is -0.731. The van der Waals surface area contributed by atoms with E-state index in [1.165, 1.54) is 30.3 Å². The number of nitrogens with zero attached hydrogens (tertiary/aromatic N) is 1. The summed E-state index contributed by atoms with van der Waals surface area (Å²) in [5, 5.41) is 19.8. The quantitative estimate of drug-likeness (QED) is 0.674. The molecule has 0 aliphatic rings. The average Bonchev–Trinajstić information content (AvgIpc) is 2.46. The molecule has 0 radical (unpaired) electrons. The maximum atomic E-state index is 10.8. The van der Waals surface area contributed by atoms with Gasteiger partial charge in [-0.1, -0.05) is 23.7 Å². The predicted molar refractivity (Wildman–Crippen MR) is 75.8 cm³/mol. The van der Waals surface area contributed by atoms with E-state index in [2.05, 4.69) is 0 Å². The second kappa shape index (κ2) is 6.23. The standard InChI is InChI=1S/C14H10ClNO5/c15-13-6-9(14(17)18)4-5-10(13)8-21-12-3-1-2-11(7-12)16(19)20/h1-7H,8H2,(H,17,18). The molecular weight excluding hydrogens is 298 g/mol. The third-order valence-corrected chi connectivity index (χ3v) is 3.07. The normalized spacial score (nSPS) is 10.1. The summed E-state index contributed by atoms with van der Waals surface area (Å²) in [5.41, 5.74) is 0.604. The highest BCUT2D eigenvalue weighted by Crippen LogP contribution is 2.23. The van der Waals surface area contributed by atoms with E-state index in [0.717, 1.165) is 0 Å². The summed E-state index contributed by atoms with van der Waals surface area (Å²) in [4.78, 5) is 20.9. The van der Waals surface area contributed by atoms with Gasteiger partial charge in [0.1, 0.15) is 12.4 Å². The lowest BCUT2D eigenvalue weighted by atomic mass is 10.1. The number of aromatic carboxylic acids is 1. The van der Waals surface area contributed by atoms with Crippen LogP contribution < -0.4 is 4.74 Å². The van der Waals surface area contributed by atoms with Gasteiger partial charge in [-0.2, -0.15) is 0 Å². The molecule has 0 bridgehead atoms. The van der Waals surface area contributed by atoms with E-state index in [4.69, 9.17) is 21.4 Å². The lowest BCUT2D eigenvalue weighted by Crippen LogP contribution is -2.00. The first-order valence-electron chi connectivity index (χ1n) is 5.86. The third-order valence-electron chi connectivity index (χ3n) is 2.72. The molecule has 7 heteroatoms. The molecule has 1 N–H and O–H groups in total. The van der Waals surface area contributed by atoms with Crippen LogP contribution in [0.4, 0.5) is 5.69 Å². The van der Waals surface area contributed by atoms with Crippen molar-refractivity contribution in [2.45, 2.75) is 6.61 Å². The van der Waals surface area contributed by atoms with E-state index < -0.39 is 10.9 Å². The Morgan fingerprint density at radius 1 is 1.29 bits per heavy atom. The number of carboxylic acid groups (broad SMARTS) is 1. The first-order valence-corrected chi connectivity index (χ1v) is 6.24. The molecule has 0 aromatic heterocycles. The van der Waals surface area contributed by atoms with Crippen LogP contribution in [0.25, 0.3) is 0 Å². The maximum Gasteiger partial charge on any atom is 0.335 e. The summed E-state index contributed by atoms with van der Waals surface area (Å²) in [6.45, 7) is 0.0832. The SMILES string of the molecule is O=C(O)c1ccc(COc2cccc([N+](=O)[O-])c2)c(Cl)c1. The highest BCUT2D eigenvalue weighted by atomic mass is 35.5. The van der Waals surface area contributed by atoms with Gasteiger partial charge in [-0.25, -0.2) is 4.79 Å². The number of nitro benzene ring substituents is 1. The van der Waals surface area contributed by atoms with Crippen molar-refractivity contribution in [3.63, 3.8) is 0 Å². The number of non-ortho nitro benzene ring substituents is 1. The van der Waals surface area contributed by atoms with Gasteiger partial charge in [-0.3, -0.25) is 10.1 Å². The molecule has 0 atom stereocenters. The second-order valence-corrected chi connectivity index (χ2v) is 4.56. The molecule has 0 spiro atoms. The van der Waals surface area contributed by atoms with Gasteiger partial charge in [0.2, 0.25) is 0 Å². The Labute approximate surface area is 124 Å². The molecule has 0 saturated carbocycles. The Bertz CT molecular complexity index is 702. The largest absolute Gasteiger partial charge is 0.489 e. The van der Waals surface area contributed by atoms with Crippen molar-refractivity contribution in [3.8, 4) is 5.75 Å². The van der Waals surface area contributed by atoms with Crippen LogP contribution in [0.1, 0.15) is 15.9 Å². The molecule has 0 heterocycles. The fourth-order valence-corrected chi connectivity index (χ4v) is 1.88. The summed E-state index contributed by atoms with van der Waals surface area (Å²) in [6, 6.07) is 10.1. The monoisotopic (exact) mass is 307 g/mol.